The zero-order chi connectivity index (χ0) is 14.3. The van der Waals surface area contributed by atoms with Crippen molar-refractivity contribution in [3.05, 3.63) is 0 Å². The van der Waals surface area contributed by atoms with Gasteiger partial charge in [-0.15, -0.1) is 0 Å². The summed E-state index contributed by atoms with van der Waals surface area (Å²) in [6, 6.07) is -0.256. The Morgan fingerprint density at radius 3 is 2.60 bits per heavy atom. The lowest BCUT2D eigenvalue weighted by Gasteiger charge is -2.35. The van der Waals surface area contributed by atoms with Crippen LogP contribution in [0.25, 0.3) is 0 Å². The first-order valence-electron chi connectivity index (χ1n) is 7.88. The van der Waals surface area contributed by atoms with Crippen LogP contribution in [0.4, 0.5) is 0 Å². The SMILES string of the molecule is CC1NCCC1C(=O)N1C(C(=O)O)CC2CCCCC21. The van der Waals surface area contributed by atoms with Gasteiger partial charge in [-0.25, -0.2) is 4.79 Å². The van der Waals surface area contributed by atoms with E-state index in [0.717, 1.165) is 32.2 Å². The van der Waals surface area contributed by atoms with Crippen LogP contribution in [0.1, 0.15) is 45.4 Å². The summed E-state index contributed by atoms with van der Waals surface area (Å²) in [4.78, 5) is 26.1. The van der Waals surface area contributed by atoms with E-state index in [-0.39, 0.29) is 23.9 Å². The molecule has 3 fully saturated rings. The number of nitrogens with one attached hydrogen (secondary N) is 1. The van der Waals surface area contributed by atoms with Gasteiger partial charge in [0.2, 0.25) is 5.91 Å². The Morgan fingerprint density at radius 1 is 1.20 bits per heavy atom. The number of fused-ring (bicyclic) bond motifs is 1. The van der Waals surface area contributed by atoms with Crippen LogP contribution in [-0.2, 0) is 9.59 Å². The highest BCUT2D eigenvalue weighted by molar-refractivity contribution is 5.86. The Balaban J connectivity index is 1.83. The van der Waals surface area contributed by atoms with Gasteiger partial charge in [-0.3, -0.25) is 4.79 Å². The number of carbonyl (C=O) groups is 2. The molecule has 1 aliphatic carbocycles. The van der Waals surface area contributed by atoms with Crippen LogP contribution in [0.15, 0.2) is 0 Å². The fourth-order valence-corrected chi connectivity index (χ4v) is 4.39. The number of nitrogens with zero attached hydrogens (tertiary/aromatic N) is 1. The van der Waals surface area contributed by atoms with E-state index in [1.807, 2.05) is 6.92 Å². The number of rotatable bonds is 2. The number of carboxylic acid groups (broad SMARTS) is 1. The highest BCUT2D eigenvalue weighted by Gasteiger charge is 2.49. The molecule has 2 aliphatic heterocycles. The van der Waals surface area contributed by atoms with Gasteiger partial charge in [-0.1, -0.05) is 12.8 Å². The lowest BCUT2D eigenvalue weighted by Crippen LogP contribution is -2.50. The third-order valence-corrected chi connectivity index (χ3v) is 5.47. The number of aliphatic carboxylic acids is 1. The Labute approximate surface area is 119 Å². The van der Waals surface area contributed by atoms with E-state index in [1.165, 1.54) is 6.42 Å². The maximum Gasteiger partial charge on any atom is 0.326 e. The molecule has 0 spiro atoms. The van der Waals surface area contributed by atoms with Crippen molar-refractivity contribution in [1.29, 1.82) is 0 Å². The Morgan fingerprint density at radius 2 is 1.95 bits per heavy atom. The monoisotopic (exact) mass is 280 g/mol. The zero-order valence-electron chi connectivity index (χ0n) is 12.0. The molecule has 0 aromatic rings. The summed E-state index contributed by atoms with van der Waals surface area (Å²) < 4.78 is 0. The average Bonchev–Trinajstić information content (AvgIpc) is 3.01. The molecule has 1 amide bonds. The average molecular weight is 280 g/mol. The minimum absolute atomic E-state index is 0.0440. The summed E-state index contributed by atoms with van der Waals surface area (Å²) in [6.45, 7) is 2.89. The van der Waals surface area contributed by atoms with Crippen molar-refractivity contribution >= 4 is 11.9 Å². The third-order valence-electron chi connectivity index (χ3n) is 5.47. The molecule has 112 valence electrons. The second-order valence-corrected chi connectivity index (χ2v) is 6.59. The second-order valence-electron chi connectivity index (χ2n) is 6.59. The number of amides is 1. The normalized spacial score (nSPS) is 40.6. The van der Waals surface area contributed by atoms with E-state index >= 15 is 0 Å². The second kappa shape index (κ2) is 5.35. The molecule has 0 aromatic carbocycles. The molecule has 2 N–H and O–H groups in total. The van der Waals surface area contributed by atoms with Gasteiger partial charge in [0, 0.05) is 12.1 Å². The summed E-state index contributed by atoms with van der Waals surface area (Å²) in [6.07, 6.45) is 5.85. The van der Waals surface area contributed by atoms with Gasteiger partial charge in [0.15, 0.2) is 0 Å². The fourth-order valence-electron chi connectivity index (χ4n) is 4.39. The Hall–Kier alpha value is -1.10. The topological polar surface area (TPSA) is 69.6 Å². The number of hydrogen-bond acceptors (Lipinski definition) is 3. The van der Waals surface area contributed by atoms with Gasteiger partial charge in [0.05, 0.1) is 5.92 Å². The Kier molecular flexibility index (Phi) is 3.71. The van der Waals surface area contributed by atoms with Gasteiger partial charge in [-0.2, -0.15) is 0 Å². The number of likely N-dealkylation sites (tertiary alicyclic amines) is 1. The van der Waals surface area contributed by atoms with E-state index in [2.05, 4.69) is 5.32 Å². The number of carboxylic acids is 1. The van der Waals surface area contributed by atoms with Crippen LogP contribution in [-0.4, -0.2) is 46.6 Å². The first-order valence-corrected chi connectivity index (χ1v) is 7.88. The summed E-state index contributed by atoms with van der Waals surface area (Å²) in [5.74, 6) is -0.397. The van der Waals surface area contributed by atoms with Crippen molar-refractivity contribution in [2.45, 2.75) is 63.6 Å². The zero-order valence-corrected chi connectivity index (χ0v) is 12.0. The standard InChI is InChI=1S/C15H24N2O3/c1-9-11(6-7-16-9)14(18)17-12-5-3-2-4-10(12)8-13(17)15(19)20/h9-13,16H,2-8H2,1H3,(H,19,20). The summed E-state index contributed by atoms with van der Waals surface area (Å²) in [5.41, 5.74) is 0. The fraction of sp³-hybridized carbons (Fsp3) is 0.867. The lowest BCUT2D eigenvalue weighted by molar-refractivity contribution is -0.152. The van der Waals surface area contributed by atoms with Crippen LogP contribution >= 0.6 is 0 Å². The minimum atomic E-state index is -0.827. The third kappa shape index (κ3) is 2.22. The van der Waals surface area contributed by atoms with Crippen molar-refractivity contribution < 1.29 is 14.7 Å². The van der Waals surface area contributed by atoms with E-state index in [0.29, 0.717) is 12.3 Å². The highest BCUT2D eigenvalue weighted by atomic mass is 16.4. The van der Waals surface area contributed by atoms with Crippen LogP contribution in [0.3, 0.4) is 0 Å². The molecule has 0 aromatic heterocycles. The van der Waals surface area contributed by atoms with Crippen LogP contribution in [0.2, 0.25) is 0 Å². The molecular weight excluding hydrogens is 256 g/mol. The van der Waals surface area contributed by atoms with E-state index in [1.54, 1.807) is 4.90 Å². The van der Waals surface area contributed by atoms with Crippen LogP contribution < -0.4 is 5.32 Å². The molecule has 5 unspecified atom stereocenters. The van der Waals surface area contributed by atoms with Gasteiger partial charge in [0.1, 0.15) is 6.04 Å². The minimum Gasteiger partial charge on any atom is -0.480 e. The predicted molar refractivity (Wildman–Crippen MR) is 74.2 cm³/mol. The van der Waals surface area contributed by atoms with E-state index in [4.69, 9.17) is 0 Å². The molecule has 0 bridgehead atoms. The van der Waals surface area contributed by atoms with Crippen LogP contribution in [0.5, 0.6) is 0 Å². The van der Waals surface area contributed by atoms with Crippen molar-refractivity contribution in [2.75, 3.05) is 6.54 Å². The molecular formula is C15H24N2O3. The predicted octanol–water partition coefficient (Wildman–Crippen LogP) is 1.23. The molecule has 5 heteroatoms. The molecule has 20 heavy (non-hydrogen) atoms. The van der Waals surface area contributed by atoms with E-state index in [9.17, 15) is 14.7 Å². The summed E-state index contributed by atoms with van der Waals surface area (Å²) in [5, 5.41) is 12.8. The van der Waals surface area contributed by atoms with Gasteiger partial charge >= 0.3 is 5.97 Å². The first kappa shape index (κ1) is 13.9. The number of carbonyl (C=O) groups excluding carboxylic acids is 1. The molecule has 2 heterocycles. The highest BCUT2D eigenvalue weighted by Crippen LogP contribution is 2.41. The smallest absolute Gasteiger partial charge is 0.326 e. The van der Waals surface area contributed by atoms with Gasteiger partial charge in [0.25, 0.3) is 0 Å². The van der Waals surface area contributed by atoms with E-state index < -0.39 is 12.0 Å². The number of hydrogen-bond donors (Lipinski definition) is 2. The molecule has 2 saturated heterocycles. The molecule has 0 radical (unpaired) electrons. The van der Waals surface area contributed by atoms with Crippen molar-refractivity contribution in [2.24, 2.45) is 11.8 Å². The summed E-state index contributed by atoms with van der Waals surface area (Å²) in [7, 11) is 0. The first-order chi connectivity index (χ1) is 9.59. The molecule has 3 aliphatic rings. The molecule has 5 atom stereocenters. The van der Waals surface area contributed by atoms with Gasteiger partial charge in [-0.05, 0) is 45.1 Å². The van der Waals surface area contributed by atoms with Crippen LogP contribution in [0, 0.1) is 11.8 Å². The molecule has 1 saturated carbocycles. The Bertz CT molecular complexity index is 412. The maximum atomic E-state index is 12.9. The largest absolute Gasteiger partial charge is 0.480 e. The quantitative estimate of drug-likeness (QED) is 0.798. The van der Waals surface area contributed by atoms with Gasteiger partial charge < -0.3 is 15.3 Å². The lowest BCUT2D eigenvalue weighted by atomic mass is 9.84. The molecule has 5 nitrogen and oxygen atoms in total. The summed E-state index contributed by atoms with van der Waals surface area (Å²) >= 11 is 0. The molecule has 3 rings (SSSR count). The van der Waals surface area contributed by atoms with Crippen molar-refractivity contribution in [1.82, 2.24) is 10.2 Å². The van der Waals surface area contributed by atoms with Crippen molar-refractivity contribution in [3.8, 4) is 0 Å². The van der Waals surface area contributed by atoms with Crippen molar-refractivity contribution in [3.63, 3.8) is 0 Å². The maximum absolute atomic E-state index is 12.9.